The van der Waals surface area contributed by atoms with E-state index >= 15 is 0 Å². The summed E-state index contributed by atoms with van der Waals surface area (Å²) in [7, 11) is 0. The van der Waals surface area contributed by atoms with Gasteiger partial charge >= 0.3 is 0 Å². The zero-order valence-corrected chi connectivity index (χ0v) is 13.2. The topological polar surface area (TPSA) is 42.2 Å². The number of furan rings is 1. The number of amides is 1. The number of carbonyl (C=O) groups is 1. The van der Waals surface area contributed by atoms with E-state index in [0.29, 0.717) is 18.5 Å². The summed E-state index contributed by atoms with van der Waals surface area (Å²) in [6.07, 6.45) is 2.31. The third-order valence-electron chi connectivity index (χ3n) is 3.50. The highest BCUT2D eigenvalue weighted by Gasteiger charge is 2.08. The number of thiophene rings is 1. The van der Waals surface area contributed by atoms with Crippen molar-refractivity contribution < 1.29 is 13.6 Å². The normalized spacial score (nSPS) is 10.7. The molecular formula is C18H16FNO2S. The van der Waals surface area contributed by atoms with Gasteiger partial charge in [-0.1, -0.05) is 18.2 Å². The van der Waals surface area contributed by atoms with E-state index < -0.39 is 0 Å². The van der Waals surface area contributed by atoms with E-state index in [0.717, 1.165) is 16.2 Å². The quantitative estimate of drug-likeness (QED) is 0.728. The molecule has 0 aliphatic heterocycles. The average Bonchev–Trinajstić information content (AvgIpc) is 3.23. The van der Waals surface area contributed by atoms with Crippen molar-refractivity contribution in [3.8, 4) is 11.3 Å². The summed E-state index contributed by atoms with van der Waals surface area (Å²) in [5, 5.41) is 4.87. The fourth-order valence-electron chi connectivity index (χ4n) is 2.27. The van der Waals surface area contributed by atoms with Crippen LogP contribution in [0.2, 0.25) is 0 Å². The molecule has 0 unspecified atom stereocenters. The van der Waals surface area contributed by atoms with Gasteiger partial charge in [-0.3, -0.25) is 4.79 Å². The van der Waals surface area contributed by atoms with Crippen molar-refractivity contribution in [2.24, 2.45) is 0 Å². The van der Waals surface area contributed by atoms with Gasteiger partial charge < -0.3 is 9.73 Å². The van der Waals surface area contributed by atoms with Gasteiger partial charge in [-0.2, -0.15) is 0 Å². The van der Waals surface area contributed by atoms with Crippen LogP contribution in [0, 0.1) is 5.82 Å². The zero-order valence-electron chi connectivity index (χ0n) is 12.4. The average molecular weight is 329 g/mol. The second-order valence-electron chi connectivity index (χ2n) is 5.15. The lowest BCUT2D eigenvalue weighted by molar-refractivity contribution is -0.121. The third kappa shape index (κ3) is 4.07. The molecule has 0 aliphatic rings. The molecule has 0 saturated carbocycles. The Morgan fingerprint density at radius 3 is 2.87 bits per heavy atom. The Labute approximate surface area is 137 Å². The van der Waals surface area contributed by atoms with Crippen molar-refractivity contribution >= 4 is 17.2 Å². The number of hydrogen-bond donors (Lipinski definition) is 1. The zero-order chi connectivity index (χ0) is 16.1. The molecule has 2 aromatic heterocycles. The van der Waals surface area contributed by atoms with Crippen molar-refractivity contribution in [1.82, 2.24) is 5.32 Å². The maximum Gasteiger partial charge on any atom is 0.220 e. The molecular weight excluding hydrogens is 313 g/mol. The number of carbonyl (C=O) groups excluding carboxylic acids is 1. The molecule has 2 heterocycles. The van der Waals surface area contributed by atoms with Crippen LogP contribution in [0.15, 0.2) is 58.5 Å². The molecule has 1 amide bonds. The molecule has 23 heavy (non-hydrogen) atoms. The Hall–Kier alpha value is -2.40. The smallest absolute Gasteiger partial charge is 0.220 e. The molecule has 5 heteroatoms. The lowest BCUT2D eigenvalue weighted by Gasteiger charge is -2.04. The first kappa shape index (κ1) is 15.5. The highest BCUT2D eigenvalue weighted by Crippen LogP contribution is 2.25. The highest BCUT2D eigenvalue weighted by molar-refractivity contribution is 7.10. The SMILES string of the molecule is O=C(CCc1ccccc1F)NCc1cc(-c2ccco2)cs1. The van der Waals surface area contributed by atoms with Crippen LogP contribution in [-0.4, -0.2) is 5.91 Å². The number of nitrogens with one attached hydrogen (secondary N) is 1. The van der Waals surface area contributed by atoms with Gasteiger partial charge in [-0.25, -0.2) is 4.39 Å². The maximum atomic E-state index is 13.5. The minimum Gasteiger partial charge on any atom is -0.464 e. The van der Waals surface area contributed by atoms with Gasteiger partial charge in [0.1, 0.15) is 11.6 Å². The molecule has 0 bridgehead atoms. The summed E-state index contributed by atoms with van der Waals surface area (Å²) in [4.78, 5) is 12.9. The van der Waals surface area contributed by atoms with Crippen LogP contribution in [0.5, 0.6) is 0 Å². The summed E-state index contributed by atoms with van der Waals surface area (Å²) in [5.41, 5.74) is 1.58. The second-order valence-corrected chi connectivity index (χ2v) is 6.14. The van der Waals surface area contributed by atoms with Gasteiger partial charge in [0, 0.05) is 22.2 Å². The fourth-order valence-corrected chi connectivity index (χ4v) is 3.08. The van der Waals surface area contributed by atoms with Crippen molar-refractivity contribution in [2.45, 2.75) is 19.4 Å². The van der Waals surface area contributed by atoms with Crippen LogP contribution in [-0.2, 0) is 17.8 Å². The largest absolute Gasteiger partial charge is 0.464 e. The van der Waals surface area contributed by atoms with Crippen LogP contribution < -0.4 is 5.32 Å². The van der Waals surface area contributed by atoms with Crippen molar-refractivity contribution in [3.05, 3.63) is 70.4 Å². The van der Waals surface area contributed by atoms with E-state index in [2.05, 4.69) is 5.32 Å². The van der Waals surface area contributed by atoms with Crippen LogP contribution in [0.1, 0.15) is 16.9 Å². The van der Waals surface area contributed by atoms with Crippen LogP contribution >= 0.6 is 11.3 Å². The van der Waals surface area contributed by atoms with Crippen LogP contribution in [0.3, 0.4) is 0 Å². The molecule has 3 rings (SSSR count). The molecule has 1 aromatic carbocycles. The summed E-state index contributed by atoms with van der Waals surface area (Å²) in [6.45, 7) is 0.474. The third-order valence-corrected chi connectivity index (χ3v) is 4.44. The van der Waals surface area contributed by atoms with Gasteiger partial charge in [0.2, 0.25) is 5.91 Å². The van der Waals surface area contributed by atoms with Crippen molar-refractivity contribution in [1.29, 1.82) is 0 Å². The summed E-state index contributed by atoms with van der Waals surface area (Å²) in [6, 6.07) is 12.3. The molecule has 0 fully saturated rings. The molecule has 0 spiro atoms. The Bertz CT molecular complexity index is 780. The molecule has 0 radical (unpaired) electrons. The predicted octanol–water partition coefficient (Wildman–Crippen LogP) is 4.40. The predicted molar refractivity (Wildman–Crippen MR) is 88.6 cm³/mol. The van der Waals surface area contributed by atoms with E-state index in [4.69, 9.17) is 4.42 Å². The number of halogens is 1. The molecule has 3 nitrogen and oxygen atoms in total. The first-order valence-electron chi connectivity index (χ1n) is 7.34. The van der Waals surface area contributed by atoms with Gasteiger partial charge in [-0.15, -0.1) is 11.3 Å². The van der Waals surface area contributed by atoms with Gasteiger partial charge in [0.25, 0.3) is 0 Å². The van der Waals surface area contributed by atoms with E-state index in [1.165, 1.54) is 6.07 Å². The van der Waals surface area contributed by atoms with Crippen molar-refractivity contribution in [2.75, 3.05) is 0 Å². The summed E-state index contributed by atoms with van der Waals surface area (Å²) in [5.74, 6) is 0.473. The van der Waals surface area contributed by atoms with E-state index in [9.17, 15) is 9.18 Å². The molecule has 0 saturated heterocycles. The Morgan fingerprint density at radius 1 is 1.22 bits per heavy atom. The minimum atomic E-state index is -0.262. The Balaban J connectivity index is 1.49. The minimum absolute atomic E-state index is 0.0822. The molecule has 3 aromatic rings. The number of rotatable bonds is 6. The van der Waals surface area contributed by atoms with Crippen LogP contribution in [0.25, 0.3) is 11.3 Å². The standard InChI is InChI=1S/C18H16FNO2S/c19-16-5-2-1-4-13(16)7-8-18(21)20-11-15-10-14(12-23-15)17-6-3-9-22-17/h1-6,9-10,12H,7-8,11H2,(H,20,21). The molecule has 1 N–H and O–H groups in total. The van der Waals surface area contributed by atoms with Crippen molar-refractivity contribution in [3.63, 3.8) is 0 Å². The van der Waals surface area contributed by atoms with Gasteiger partial charge in [-0.05, 0) is 36.2 Å². The van der Waals surface area contributed by atoms with Gasteiger partial charge in [0.15, 0.2) is 0 Å². The number of aryl methyl sites for hydroxylation is 1. The Kier molecular flexibility index (Phi) is 4.88. The Morgan fingerprint density at radius 2 is 2.09 bits per heavy atom. The number of hydrogen-bond acceptors (Lipinski definition) is 3. The lowest BCUT2D eigenvalue weighted by atomic mass is 10.1. The summed E-state index contributed by atoms with van der Waals surface area (Å²) < 4.78 is 18.8. The van der Waals surface area contributed by atoms with Crippen LogP contribution in [0.4, 0.5) is 4.39 Å². The molecule has 0 aliphatic carbocycles. The number of benzene rings is 1. The molecule has 0 atom stereocenters. The van der Waals surface area contributed by atoms with Gasteiger partial charge in [0.05, 0.1) is 12.8 Å². The monoisotopic (exact) mass is 329 g/mol. The fraction of sp³-hybridized carbons (Fsp3) is 0.167. The molecule has 118 valence electrons. The van der Waals surface area contributed by atoms with E-state index in [1.807, 2.05) is 23.6 Å². The lowest BCUT2D eigenvalue weighted by Crippen LogP contribution is -2.22. The van der Waals surface area contributed by atoms with E-state index in [1.54, 1.807) is 35.8 Å². The first-order chi connectivity index (χ1) is 11.2. The first-order valence-corrected chi connectivity index (χ1v) is 8.22. The maximum absolute atomic E-state index is 13.5. The summed E-state index contributed by atoms with van der Waals surface area (Å²) >= 11 is 1.57. The second kappa shape index (κ2) is 7.24. The van der Waals surface area contributed by atoms with E-state index in [-0.39, 0.29) is 18.1 Å². The highest BCUT2D eigenvalue weighted by atomic mass is 32.1.